The molecule has 1 aliphatic carbocycles. The van der Waals surface area contributed by atoms with Crippen LogP contribution in [0.1, 0.15) is 24.0 Å². The van der Waals surface area contributed by atoms with E-state index in [2.05, 4.69) is 36.1 Å². The quantitative estimate of drug-likeness (QED) is 0.595. The number of primary amides is 1. The van der Waals surface area contributed by atoms with Gasteiger partial charge in [-0.25, -0.2) is 13.8 Å². The Morgan fingerprint density at radius 2 is 2.15 bits per heavy atom. The molecule has 0 bridgehead atoms. The van der Waals surface area contributed by atoms with Gasteiger partial charge in [0.15, 0.2) is 5.17 Å². The van der Waals surface area contributed by atoms with Crippen LogP contribution in [0.15, 0.2) is 23.2 Å². The number of nitrogens with zero attached hydrogens (tertiary/aromatic N) is 1. The number of benzene rings is 1. The molecule has 0 aromatic heterocycles. The van der Waals surface area contributed by atoms with Crippen molar-refractivity contribution in [3.63, 3.8) is 0 Å². The van der Waals surface area contributed by atoms with Gasteiger partial charge in [-0.1, -0.05) is 37.3 Å². The number of fused-ring (bicyclic) bond motifs is 1. The Balaban J connectivity index is 2.09. The first-order valence-corrected chi connectivity index (χ1v) is 13.0. The van der Waals surface area contributed by atoms with E-state index < -0.39 is 36.8 Å². The van der Waals surface area contributed by atoms with Gasteiger partial charge >= 0.3 is 0 Å². The minimum Gasteiger partial charge on any atom is -0.378 e. The van der Waals surface area contributed by atoms with Crippen molar-refractivity contribution in [3.05, 3.63) is 35.1 Å². The molecule has 1 heterocycles. The van der Waals surface area contributed by atoms with Crippen LogP contribution < -0.4 is 11.5 Å². The number of nitrogens with two attached hydrogens (primary N) is 2. The monoisotopic (exact) mass is 407 g/mol. The summed E-state index contributed by atoms with van der Waals surface area (Å²) in [6.07, 6.45) is 0.579. The predicted molar refractivity (Wildman–Crippen MR) is 108 cm³/mol. The third-order valence-electron chi connectivity index (χ3n) is 4.91. The minimum absolute atomic E-state index is 0.0665. The third-order valence-corrected chi connectivity index (χ3v) is 7.09. The summed E-state index contributed by atoms with van der Waals surface area (Å²) < 4.78 is 28.5. The van der Waals surface area contributed by atoms with Gasteiger partial charge in [0.1, 0.15) is 26.1 Å². The fourth-order valence-corrected chi connectivity index (χ4v) is 5.62. The van der Waals surface area contributed by atoms with Gasteiger partial charge in [0.2, 0.25) is 5.91 Å². The van der Waals surface area contributed by atoms with Gasteiger partial charge < -0.3 is 11.5 Å². The number of alkyl halides is 1. The van der Waals surface area contributed by atoms with E-state index in [9.17, 15) is 13.6 Å². The van der Waals surface area contributed by atoms with Crippen LogP contribution in [-0.4, -0.2) is 30.6 Å². The predicted octanol–water partition coefficient (Wildman–Crippen LogP) is 2.92. The van der Waals surface area contributed by atoms with E-state index in [-0.39, 0.29) is 23.1 Å². The van der Waals surface area contributed by atoms with Crippen molar-refractivity contribution >= 4 is 30.9 Å². The van der Waals surface area contributed by atoms with Crippen LogP contribution in [0.3, 0.4) is 0 Å². The molecule has 1 aromatic carbocycles. The molecule has 27 heavy (non-hydrogen) atoms. The second-order valence-corrected chi connectivity index (χ2v) is 14.5. The Morgan fingerprint density at radius 1 is 1.44 bits per heavy atom. The zero-order valence-electron chi connectivity index (χ0n) is 15.6. The molecule has 1 aromatic rings. The maximum Gasteiger partial charge on any atom is 0.218 e. The highest BCUT2D eigenvalue weighted by atomic mass is 32.2. The molecule has 4 N–H and O–H groups in total. The largest absolute Gasteiger partial charge is 0.378 e. The number of carbonyl (C=O) groups is 1. The molecule has 1 amide bonds. The van der Waals surface area contributed by atoms with Crippen LogP contribution >= 0.6 is 11.8 Å². The molecule has 144 valence electrons. The van der Waals surface area contributed by atoms with Crippen LogP contribution in [-0.2, 0) is 10.3 Å². The van der Waals surface area contributed by atoms with Gasteiger partial charge in [0, 0.05) is 28.2 Å². The lowest BCUT2D eigenvalue weighted by molar-refractivity contribution is -0.118. The summed E-state index contributed by atoms with van der Waals surface area (Å²) in [5, 5.41) is 0.153. The fraction of sp³-hybridized carbons (Fsp3) is 0.474. The Morgan fingerprint density at radius 3 is 2.74 bits per heavy atom. The molecule has 3 atom stereocenters. The SMILES string of the molecule is C[Si](C)(C)C#Cc1ccc(F)c([C@@]2(CF)N=C(N)S[C@@]3(CC(N)=O)C[C@H]32)c1. The van der Waals surface area contributed by atoms with E-state index in [1.807, 2.05) is 0 Å². The Hall–Kier alpha value is -1.85. The molecular weight excluding hydrogens is 384 g/mol. The van der Waals surface area contributed by atoms with Crippen molar-refractivity contribution < 1.29 is 13.6 Å². The lowest BCUT2D eigenvalue weighted by Gasteiger charge is -2.35. The molecule has 8 heteroatoms. The molecule has 1 saturated carbocycles. The second kappa shape index (κ2) is 6.64. The number of thioether (sulfide) groups is 1. The van der Waals surface area contributed by atoms with E-state index in [1.165, 1.54) is 17.8 Å². The molecule has 0 unspecified atom stereocenters. The highest BCUT2D eigenvalue weighted by molar-refractivity contribution is 8.15. The average Bonchev–Trinajstić information content (AvgIpc) is 3.25. The van der Waals surface area contributed by atoms with Gasteiger partial charge in [-0.15, -0.1) is 5.54 Å². The van der Waals surface area contributed by atoms with Crippen molar-refractivity contribution in [1.82, 2.24) is 0 Å². The molecule has 0 radical (unpaired) electrons. The lowest BCUT2D eigenvalue weighted by atomic mass is 9.83. The van der Waals surface area contributed by atoms with Crippen molar-refractivity contribution in [2.45, 2.75) is 42.8 Å². The van der Waals surface area contributed by atoms with Gasteiger partial charge in [-0.2, -0.15) is 0 Å². The number of amidine groups is 1. The smallest absolute Gasteiger partial charge is 0.218 e. The van der Waals surface area contributed by atoms with Gasteiger partial charge in [0.25, 0.3) is 0 Å². The zero-order chi connectivity index (χ0) is 20.0. The van der Waals surface area contributed by atoms with Crippen molar-refractivity contribution in [2.24, 2.45) is 22.4 Å². The molecule has 0 saturated heterocycles. The summed E-state index contributed by atoms with van der Waals surface area (Å²) >= 11 is 1.24. The maximum atomic E-state index is 14.8. The second-order valence-electron chi connectivity index (χ2n) is 8.27. The molecule has 1 aliphatic heterocycles. The van der Waals surface area contributed by atoms with Crippen LogP contribution in [0, 0.1) is 23.2 Å². The first-order valence-electron chi connectivity index (χ1n) is 8.73. The van der Waals surface area contributed by atoms with Gasteiger partial charge in [0.05, 0.1) is 0 Å². The van der Waals surface area contributed by atoms with Crippen LogP contribution in [0.2, 0.25) is 19.6 Å². The summed E-state index contributed by atoms with van der Waals surface area (Å²) in [6.45, 7) is 5.43. The molecule has 0 spiro atoms. The molecular formula is C19H23F2N3OSSi. The van der Waals surface area contributed by atoms with Gasteiger partial charge in [-0.3, -0.25) is 4.79 Å². The summed E-state index contributed by atoms with van der Waals surface area (Å²) in [5.74, 6) is 1.71. The Kier molecular flexibility index (Phi) is 4.89. The third kappa shape index (κ3) is 3.76. The van der Waals surface area contributed by atoms with Crippen LogP contribution in [0.4, 0.5) is 8.78 Å². The number of rotatable bonds is 4. The topological polar surface area (TPSA) is 81.5 Å². The lowest BCUT2D eigenvalue weighted by Crippen LogP contribution is -2.41. The average molecular weight is 408 g/mol. The number of hydrogen-bond donors (Lipinski definition) is 2. The van der Waals surface area contributed by atoms with E-state index in [4.69, 9.17) is 11.5 Å². The Bertz CT molecular complexity index is 889. The van der Waals surface area contributed by atoms with Crippen molar-refractivity contribution in [2.75, 3.05) is 6.67 Å². The normalized spacial score (nSPS) is 29.2. The van der Waals surface area contributed by atoms with Gasteiger partial charge in [-0.05, 0) is 24.6 Å². The first kappa shape index (κ1) is 19.9. The highest BCUT2D eigenvalue weighted by Crippen LogP contribution is 2.67. The number of carbonyl (C=O) groups excluding carboxylic acids is 1. The molecule has 2 aliphatic rings. The van der Waals surface area contributed by atoms with Crippen LogP contribution in [0.25, 0.3) is 0 Å². The fourth-order valence-electron chi connectivity index (χ4n) is 3.67. The number of halogens is 2. The van der Waals surface area contributed by atoms with E-state index in [0.29, 0.717) is 12.0 Å². The van der Waals surface area contributed by atoms with Crippen molar-refractivity contribution in [1.29, 1.82) is 0 Å². The number of amides is 1. The minimum atomic E-state index is -1.62. The Labute approximate surface area is 163 Å². The van der Waals surface area contributed by atoms with E-state index in [0.717, 1.165) is 0 Å². The number of hydrogen-bond acceptors (Lipinski definition) is 4. The standard InChI is InChI=1S/C19H23F2N3OSSi/c1-27(2,3)7-6-12-4-5-14(21)13(8-12)19(11-20)15-9-18(15,10-16(22)25)26-17(23)24-19/h4-5,8,15H,9-11H2,1-3H3,(H2,22,25)(H2,23,24)/t15-,18-,19-/m1/s1. The summed E-state index contributed by atoms with van der Waals surface area (Å²) in [4.78, 5) is 15.8. The first-order chi connectivity index (χ1) is 12.5. The highest BCUT2D eigenvalue weighted by Gasteiger charge is 2.68. The van der Waals surface area contributed by atoms with Crippen LogP contribution in [0.5, 0.6) is 0 Å². The zero-order valence-corrected chi connectivity index (χ0v) is 17.4. The summed E-state index contributed by atoms with van der Waals surface area (Å²) in [5.41, 5.74) is 13.9. The maximum absolute atomic E-state index is 14.8. The number of aliphatic imine (C=N–C) groups is 1. The summed E-state index contributed by atoms with van der Waals surface area (Å²) in [7, 11) is -1.62. The van der Waals surface area contributed by atoms with E-state index >= 15 is 0 Å². The molecule has 1 fully saturated rings. The molecule has 3 rings (SSSR count). The summed E-state index contributed by atoms with van der Waals surface area (Å²) in [6, 6.07) is 4.46. The van der Waals surface area contributed by atoms with E-state index in [1.54, 1.807) is 12.1 Å². The molecule has 4 nitrogen and oxygen atoms in total. The van der Waals surface area contributed by atoms with Crippen molar-refractivity contribution in [3.8, 4) is 11.5 Å².